The van der Waals surface area contributed by atoms with E-state index in [9.17, 15) is 4.79 Å². The van der Waals surface area contributed by atoms with E-state index in [4.69, 9.17) is 11.6 Å². The van der Waals surface area contributed by atoms with Crippen LogP contribution in [0.15, 0.2) is 47.5 Å². The van der Waals surface area contributed by atoms with Gasteiger partial charge in [0.15, 0.2) is 4.80 Å². The number of thiazole rings is 1. The molecule has 0 radical (unpaired) electrons. The lowest BCUT2D eigenvalue weighted by Crippen LogP contribution is -2.14. The molecule has 0 saturated carbocycles. The molecule has 3 aromatic rings. The summed E-state index contributed by atoms with van der Waals surface area (Å²) in [7, 11) is 1.94. The molecule has 2 aromatic carbocycles. The van der Waals surface area contributed by atoms with Crippen LogP contribution in [0.2, 0.25) is 5.02 Å². The first kappa shape index (κ1) is 17.6. The van der Waals surface area contributed by atoms with E-state index in [1.807, 2.05) is 31.5 Å². The van der Waals surface area contributed by atoms with E-state index < -0.39 is 0 Å². The maximum absolute atomic E-state index is 12.5. The molecule has 1 aromatic heterocycles. The van der Waals surface area contributed by atoms with Crippen LogP contribution in [0.4, 0.5) is 0 Å². The largest absolute Gasteiger partial charge is 0.319 e. The molecule has 0 fully saturated rings. The van der Waals surface area contributed by atoms with Crippen molar-refractivity contribution >= 4 is 28.8 Å². The van der Waals surface area contributed by atoms with Gasteiger partial charge in [-0.15, -0.1) is 11.3 Å². The Morgan fingerprint density at radius 3 is 2.40 bits per heavy atom. The van der Waals surface area contributed by atoms with E-state index in [0.717, 1.165) is 21.7 Å². The van der Waals surface area contributed by atoms with Crippen molar-refractivity contribution in [1.29, 1.82) is 0 Å². The molecule has 5 heteroatoms. The lowest BCUT2D eigenvalue weighted by Gasteiger charge is -2.05. The molecule has 0 saturated heterocycles. The predicted molar refractivity (Wildman–Crippen MR) is 104 cm³/mol. The van der Waals surface area contributed by atoms with Gasteiger partial charge in [-0.2, -0.15) is 4.99 Å². The second kappa shape index (κ2) is 6.98. The van der Waals surface area contributed by atoms with Gasteiger partial charge in [0.05, 0.1) is 5.69 Å². The Morgan fingerprint density at radius 1 is 1.08 bits per heavy atom. The monoisotopic (exact) mass is 370 g/mol. The van der Waals surface area contributed by atoms with Gasteiger partial charge < -0.3 is 4.57 Å². The lowest BCUT2D eigenvalue weighted by atomic mass is 10.1. The molecular weight excluding hydrogens is 352 g/mol. The van der Waals surface area contributed by atoms with Crippen LogP contribution in [0, 0.1) is 20.8 Å². The summed E-state index contributed by atoms with van der Waals surface area (Å²) in [5.74, 6) is -0.283. The minimum atomic E-state index is -0.283. The average molecular weight is 371 g/mol. The number of hydrogen-bond donors (Lipinski definition) is 0. The highest BCUT2D eigenvalue weighted by atomic mass is 35.5. The Morgan fingerprint density at radius 2 is 1.76 bits per heavy atom. The van der Waals surface area contributed by atoms with Gasteiger partial charge in [-0.1, -0.05) is 47.5 Å². The van der Waals surface area contributed by atoms with Crippen LogP contribution in [0.3, 0.4) is 0 Å². The normalized spacial score (nSPS) is 11.8. The summed E-state index contributed by atoms with van der Waals surface area (Å²) in [5, 5.41) is 0.577. The number of amides is 1. The number of carbonyl (C=O) groups excluding carboxylic acids is 1. The minimum absolute atomic E-state index is 0.283. The van der Waals surface area contributed by atoms with Gasteiger partial charge in [0.2, 0.25) is 0 Å². The van der Waals surface area contributed by atoms with Crippen LogP contribution < -0.4 is 4.80 Å². The summed E-state index contributed by atoms with van der Waals surface area (Å²) in [5.41, 5.74) is 4.86. The Bertz CT molecular complexity index is 1010. The zero-order valence-electron chi connectivity index (χ0n) is 14.6. The standard InChI is InChI=1S/C20H19ClN2OS/c1-12-5-8-15(9-6-12)18-14(3)25-20(23(18)4)22-19(24)16-10-7-13(2)17(21)11-16/h5-11H,1-4H3. The summed E-state index contributed by atoms with van der Waals surface area (Å²) >= 11 is 7.63. The molecule has 0 atom stereocenters. The van der Waals surface area contributed by atoms with E-state index in [1.54, 1.807) is 12.1 Å². The number of aryl methyl sites for hydroxylation is 3. The Hall–Kier alpha value is -2.17. The van der Waals surface area contributed by atoms with Crippen LogP contribution >= 0.6 is 22.9 Å². The number of aromatic nitrogens is 1. The van der Waals surface area contributed by atoms with Crippen molar-refractivity contribution in [1.82, 2.24) is 4.57 Å². The highest BCUT2D eigenvalue weighted by molar-refractivity contribution is 7.09. The third-order valence-corrected chi connectivity index (χ3v) is 5.60. The van der Waals surface area contributed by atoms with Crippen molar-refractivity contribution in [2.45, 2.75) is 20.8 Å². The van der Waals surface area contributed by atoms with Crippen molar-refractivity contribution in [2.24, 2.45) is 12.0 Å². The van der Waals surface area contributed by atoms with Crippen molar-refractivity contribution < 1.29 is 4.79 Å². The first-order valence-corrected chi connectivity index (χ1v) is 9.15. The van der Waals surface area contributed by atoms with Crippen molar-refractivity contribution in [3.05, 3.63) is 73.9 Å². The number of benzene rings is 2. The Labute approximate surface area is 156 Å². The topological polar surface area (TPSA) is 34.4 Å². The van der Waals surface area contributed by atoms with E-state index in [-0.39, 0.29) is 5.91 Å². The van der Waals surface area contributed by atoms with Crippen LogP contribution in [-0.4, -0.2) is 10.5 Å². The zero-order valence-corrected chi connectivity index (χ0v) is 16.2. The molecule has 1 heterocycles. The third-order valence-electron chi connectivity index (χ3n) is 4.14. The predicted octanol–water partition coefficient (Wildman–Crippen LogP) is 5.07. The van der Waals surface area contributed by atoms with Crippen LogP contribution in [0.25, 0.3) is 11.3 Å². The maximum atomic E-state index is 12.5. The Balaban J connectivity index is 2.04. The number of nitrogens with zero attached hydrogens (tertiary/aromatic N) is 2. The van der Waals surface area contributed by atoms with Crippen LogP contribution in [-0.2, 0) is 7.05 Å². The molecule has 0 spiro atoms. The van der Waals surface area contributed by atoms with Crippen LogP contribution in [0.1, 0.15) is 26.4 Å². The van der Waals surface area contributed by atoms with E-state index >= 15 is 0 Å². The fourth-order valence-corrected chi connectivity index (χ4v) is 3.83. The van der Waals surface area contributed by atoms with Gasteiger partial charge in [-0.3, -0.25) is 4.79 Å². The second-order valence-electron chi connectivity index (χ2n) is 6.10. The molecule has 3 nitrogen and oxygen atoms in total. The fourth-order valence-electron chi connectivity index (χ4n) is 2.67. The first-order valence-electron chi connectivity index (χ1n) is 7.95. The molecule has 3 rings (SSSR count). The summed E-state index contributed by atoms with van der Waals surface area (Å²) in [6, 6.07) is 13.6. The molecule has 0 unspecified atom stereocenters. The van der Waals surface area contributed by atoms with Gasteiger partial charge in [0.1, 0.15) is 0 Å². The van der Waals surface area contributed by atoms with Gasteiger partial charge in [-0.25, -0.2) is 0 Å². The Kier molecular flexibility index (Phi) is 4.93. The van der Waals surface area contributed by atoms with Crippen molar-refractivity contribution in [3.8, 4) is 11.3 Å². The van der Waals surface area contributed by atoms with Crippen molar-refractivity contribution in [3.63, 3.8) is 0 Å². The van der Waals surface area contributed by atoms with Gasteiger partial charge in [-0.05, 0) is 44.0 Å². The number of hydrogen-bond acceptors (Lipinski definition) is 2. The summed E-state index contributed by atoms with van der Waals surface area (Å²) in [4.78, 5) is 18.6. The second-order valence-corrected chi connectivity index (χ2v) is 7.68. The highest BCUT2D eigenvalue weighted by Gasteiger charge is 2.12. The first-order chi connectivity index (χ1) is 11.9. The molecular formula is C20H19ClN2OS. The molecule has 25 heavy (non-hydrogen) atoms. The number of rotatable bonds is 2. The molecule has 0 bridgehead atoms. The van der Waals surface area contributed by atoms with Crippen LogP contribution in [0.5, 0.6) is 0 Å². The number of halogens is 1. The SMILES string of the molecule is Cc1ccc(-c2c(C)sc(=NC(=O)c3ccc(C)c(Cl)c3)n2C)cc1. The lowest BCUT2D eigenvalue weighted by molar-refractivity contribution is 0.0998. The average Bonchev–Trinajstić information content (AvgIpc) is 2.85. The van der Waals surface area contributed by atoms with Gasteiger partial charge in [0, 0.05) is 22.5 Å². The molecule has 0 aliphatic heterocycles. The third kappa shape index (κ3) is 3.60. The number of carbonyl (C=O) groups is 1. The molecule has 1 amide bonds. The molecule has 128 valence electrons. The summed E-state index contributed by atoms with van der Waals surface area (Å²) in [6.07, 6.45) is 0. The van der Waals surface area contributed by atoms with E-state index in [0.29, 0.717) is 15.4 Å². The van der Waals surface area contributed by atoms with Gasteiger partial charge >= 0.3 is 0 Å². The smallest absolute Gasteiger partial charge is 0.279 e. The fraction of sp³-hybridized carbons (Fsp3) is 0.200. The summed E-state index contributed by atoms with van der Waals surface area (Å²) in [6.45, 7) is 6.02. The van der Waals surface area contributed by atoms with E-state index in [2.05, 4.69) is 36.2 Å². The minimum Gasteiger partial charge on any atom is -0.319 e. The maximum Gasteiger partial charge on any atom is 0.279 e. The summed E-state index contributed by atoms with van der Waals surface area (Å²) < 4.78 is 1.97. The molecule has 0 aliphatic carbocycles. The van der Waals surface area contributed by atoms with Crippen molar-refractivity contribution in [2.75, 3.05) is 0 Å². The quantitative estimate of drug-likeness (QED) is 0.619. The molecule has 0 aliphatic rings. The highest BCUT2D eigenvalue weighted by Crippen LogP contribution is 2.25. The zero-order chi connectivity index (χ0) is 18.1. The van der Waals surface area contributed by atoms with Gasteiger partial charge in [0.25, 0.3) is 5.91 Å². The van der Waals surface area contributed by atoms with E-state index in [1.165, 1.54) is 16.9 Å². The molecule has 0 N–H and O–H groups in total.